The van der Waals surface area contributed by atoms with Crippen molar-refractivity contribution in [1.82, 2.24) is 0 Å². The summed E-state index contributed by atoms with van der Waals surface area (Å²) in [6.07, 6.45) is 6.97. The first kappa shape index (κ1) is 12.7. The maximum absolute atomic E-state index is 11.2. The molecule has 0 aromatic heterocycles. The first-order valence-electron chi connectivity index (χ1n) is 3.91. The Morgan fingerprint density at radius 2 is 2.08 bits per heavy atom. The molecule has 72 valence electrons. The van der Waals surface area contributed by atoms with E-state index in [1.54, 1.807) is 18.2 Å². The van der Waals surface area contributed by atoms with E-state index in [0.29, 0.717) is 15.9 Å². The van der Waals surface area contributed by atoms with Gasteiger partial charge in [0.2, 0.25) is 0 Å². The van der Waals surface area contributed by atoms with E-state index in [4.69, 9.17) is 11.6 Å². The number of hydrogen-bond acceptors (Lipinski definition) is 1. The fourth-order valence-electron chi connectivity index (χ4n) is 0.758. The summed E-state index contributed by atoms with van der Waals surface area (Å²) in [5.41, 5.74) is 0.625. The number of hydrogen-bond donors (Lipinski definition) is 0. The van der Waals surface area contributed by atoms with Gasteiger partial charge in [-0.15, -0.1) is 0 Å². The normalized spacial score (nSPS) is 13.8. The van der Waals surface area contributed by atoms with E-state index in [0.717, 1.165) is 0 Å². The van der Waals surface area contributed by atoms with Gasteiger partial charge in [-0.05, 0) is 26.0 Å². The Morgan fingerprint density at radius 1 is 1.46 bits per heavy atom. The topological polar surface area (TPSA) is 17.1 Å². The van der Waals surface area contributed by atoms with Gasteiger partial charge in [0.25, 0.3) is 0 Å². The highest BCUT2D eigenvalue weighted by Gasteiger charge is 2.03. The van der Waals surface area contributed by atoms with Crippen molar-refractivity contribution in [3.63, 3.8) is 0 Å². The lowest BCUT2D eigenvalue weighted by atomic mass is 10.1. The molecule has 0 saturated heterocycles. The summed E-state index contributed by atoms with van der Waals surface area (Å²) in [4.78, 5) is 11.2. The summed E-state index contributed by atoms with van der Waals surface area (Å²) < 4.78 is 0. The van der Waals surface area contributed by atoms with Crippen molar-refractivity contribution in [1.29, 1.82) is 0 Å². The van der Waals surface area contributed by atoms with Gasteiger partial charge in [0.05, 0.1) is 5.33 Å². The summed E-state index contributed by atoms with van der Waals surface area (Å²) in [7, 11) is 0. The van der Waals surface area contributed by atoms with Crippen molar-refractivity contribution >= 4 is 33.3 Å². The number of ketones is 1. The third kappa shape index (κ3) is 5.06. The van der Waals surface area contributed by atoms with Crippen LogP contribution in [0.5, 0.6) is 0 Å². The lowest BCUT2D eigenvalue weighted by Crippen LogP contribution is -2.01. The van der Waals surface area contributed by atoms with Gasteiger partial charge in [-0.25, -0.2) is 0 Å². The molecule has 0 spiro atoms. The number of rotatable bonds is 4. The van der Waals surface area contributed by atoms with Crippen LogP contribution in [0.15, 0.2) is 34.9 Å². The monoisotopic (exact) mass is 262 g/mol. The van der Waals surface area contributed by atoms with Crippen LogP contribution < -0.4 is 0 Å². The molecule has 0 rings (SSSR count). The van der Waals surface area contributed by atoms with E-state index in [1.807, 2.05) is 19.9 Å². The summed E-state index contributed by atoms with van der Waals surface area (Å²) in [5, 5.41) is 0.883. The second-order valence-electron chi connectivity index (χ2n) is 2.33. The molecule has 0 atom stereocenters. The Kier molecular flexibility index (Phi) is 6.92. The molecule has 0 aliphatic carbocycles. The zero-order valence-electron chi connectivity index (χ0n) is 7.68. The molecule has 0 N–H and O–H groups in total. The Hall–Kier alpha value is -0.340. The van der Waals surface area contributed by atoms with Crippen LogP contribution in [0, 0.1) is 0 Å². The van der Waals surface area contributed by atoms with E-state index in [-0.39, 0.29) is 5.78 Å². The van der Waals surface area contributed by atoms with Crippen LogP contribution in [0.25, 0.3) is 0 Å². The van der Waals surface area contributed by atoms with Crippen molar-refractivity contribution in [2.45, 2.75) is 13.8 Å². The smallest absolute Gasteiger partial charge is 0.173 e. The molecule has 0 amide bonds. The third-order valence-electron chi connectivity index (χ3n) is 1.37. The average molecular weight is 264 g/mol. The van der Waals surface area contributed by atoms with E-state index in [2.05, 4.69) is 15.9 Å². The molecular weight excluding hydrogens is 251 g/mol. The highest BCUT2D eigenvalue weighted by molar-refractivity contribution is 9.09. The van der Waals surface area contributed by atoms with Crippen LogP contribution in [0.1, 0.15) is 13.8 Å². The first-order chi connectivity index (χ1) is 6.15. The molecule has 0 unspecified atom stereocenters. The standard InChI is InChI=1S/C10H12BrClO/c1-3-5-9(12)6-8(4-2)10(13)7-11/h3-6H,7H2,1-2H3/b5-3-,8-4+,9-6+. The molecular formula is C10H12BrClO. The van der Waals surface area contributed by atoms with Gasteiger partial charge < -0.3 is 0 Å². The van der Waals surface area contributed by atoms with Gasteiger partial charge in [-0.2, -0.15) is 0 Å². The van der Waals surface area contributed by atoms with Gasteiger partial charge in [0.1, 0.15) is 0 Å². The highest BCUT2D eigenvalue weighted by atomic mass is 79.9. The molecule has 0 fully saturated rings. The predicted octanol–water partition coefficient (Wildman–Crippen LogP) is 3.60. The molecule has 0 saturated carbocycles. The SMILES string of the molecule is C\C=C/C(Cl)=C\C(=C/C)C(=O)CBr. The van der Waals surface area contributed by atoms with Gasteiger partial charge in [-0.3, -0.25) is 4.79 Å². The first-order valence-corrected chi connectivity index (χ1v) is 5.41. The van der Waals surface area contributed by atoms with Gasteiger partial charge in [0, 0.05) is 10.6 Å². The van der Waals surface area contributed by atoms with Crippen molar-refractivity contribution in [2.24, 2.45) is 0 Å². The second-order valence-corrected chi connectivity index (χ2v) is 3.33. The maximum Gasteiger partial charge on any atom is 0.173 e. The molecule has 0 heterocycles. The number of Topliss-reactive ketones (excluding diaryl/α,β-unsaturated/α-hetero) is 1. The fourth-order valence-corrected chi connectivity index (χ4v) is 1.33. The van der Waals surface area contributed by atoms with Crippen LogP contribution in [-0.4, -0.2) is 11.1 Å². The zero-order valence-corrected chi connectivity index (χ0v) is 10.0. The van der Waals surface area contributed by atoms with Crippen LogP contribution in [0.2, 0.25) is 0 Å². The molecule has 0 aliphatic heterocycles. The van der Waals surface area contributed by atoms with Crippen LogP contribution in [0.4, 0.5) is 0 Å². The van der Waals surface area contributed by atoms with Crippen LogP contribution >= 0.6 is 27.5 Å². The fraction of sp³-hybridized carbons (Fsp3) is 0.300. The van der Waals surface area contributed by atoms with E-state index < -0.39 is 0 Å². The van der Waals surface area contributed by atoms with Gasteiger partial charge in [-0.1, -0.05) is 39.7 Å². The Morgan fingerprint density at radius 3 is 2.46 bits per heavy atom. The van der Waals surface area contributed by atoms with E-state index >= 15 is 0 Å². The Balaban J connectivity index is 4.64. The van der Waals surface area contributed by atoms with E-state index in [1.165, 1.54) is 0 Å². The number of alkyl halides is 1. The summed E-state index contributed by atoms with van der Waals surface area (Å²) in [6.45, 7) is 3.68. The Bertz CT molecular complexity index is 264. The molecule has 0 aliphatic rings. The maximum atomic E-state index is 11.2. The lowest BCUT2D eigenvalue weighted by molar-refractivity contribution is -0.112. The zero-order chi connectivity index (χ0) is 10.3. The summed E-state index contributed by atoms with van der Waals surface area (Å²) >= 11 is 8.93. The largest absolute Gasteiger partial charge is 0.293 e. The number of halogens is 2. The molecule has 13 heavy (non-hydrogen) atoms. The van der Waals surface area contributed by atoms with Gasteiger partial charge in [0.15, 0.2) is 5.78 Å². The van der Waals surface area contributed by atoms with Crippen molar-refractivity contribution < 1.29 is 4.79 Å². The number of allylic oxidation sites excluding steroid dienone is 6. The minimum atomic E-state index is 0.0325. The lowest BCUT2D eigenvalue weighted by Gasteiger charge is -1.96. The van der Waals surface area contributed by atoms with E-state index in [9.17, 15) is 4.79 Å². The number of carbonyl (C=O) groups excluding carboxylic acids is 1. The molecule has 0 radical (unpaired) electrons. The average Bonchev–Trinajstić information content (AvgIpc) is 2.13. The molecule has 0 aromatic carbocycles. The Labute approximate surface area is 92.3 Å². The predicted molar refractivity (Wildman–Crippen MR) is 61.3 cm³/mol. The van der Waals surface area contributed by atoms with Crippen molar-refractivity contribution in [3.05, 3.63) is 34.9 Å². The number of carbonyl (C=O) groups is 1. The second kappa shape index (κ2) is 7.10. The minimum absolute atomic E-state index is 0.0325. The molecule has 3 heteroatoms. The van der Waals surface area contributed by atoms with Crippen molar-refractivity contribution in [2.75, 3.05) is 5.33 Å². The molecule has 0 bridgehead atoms. The summed E-state index contributed by atoms with van der Waals surface area (Å²) in [6, 6.07) is 0. The molecule has 1 nitrogen and oxygen atoms in total. The summed E-state index contributed by atoms with van der Waals surface area (Å²) in [5.74, 6) is 0.0325. The third-order valence-corrected chi connectivity index (χ3v) is 2.12. The van der Waals surface area contributed by atoms with Crippen LogP contribution in [-0.2, 0) is 4.79 Å². The van der Waals surface area contributed by atoms with Crippen LogP contribution in [0.3, 0.4) is 0 Å². The quantitative estimate of drug-likeness (QED) is 0.430. The highest BCUT2D eigenvalue weighted by Crippen LogP contribution is 2.10. The van der Waals surface area contributed by atoms with Gasteiger partial charge >= 0.3 is 0 Å². The van der Waals surface area contributed by atoms with Crippen molar-refractivity contribution in [3.8, 4) is 0 Å². The minimum Gasteiger partial charge on any atom is -0.293 e. The molecule has 0 aromatic rings.